The average molecular weight is 479 g/mol. The monoisotopic (exact) mass is 479 g/mol. The van der Waals surface area contributed by atoms with E-state index in [1.165, 1.54) is 32.4 Å². The van der Waals surface area contributed by atoms with Gasteiger partial charge < -0.3 is 15.0 Å². The van der Waals surface area contributed by atoms with E-state index in [4.69, 9.17) is 4.74 Å². The minimum Gasteiger partial charge on any atom is -0.379 e. The Labute approximate surface area is 176 Å². The lowest BCUT2D eigenvalue weighted by Crippen LogP contribution is -2.50. The third kappa shape index (κ3) is 5.94. The average Bonchev–Trinajstić information content (AvgIpc) is 3.13. The first-order chi connectivity index (χ1) is 12.2. The zero-order valence-electron chi connectivity index (χ0n) is 16.8. The molecule has 0 radical (unpaired) electrons. The molecule has 0 aromatic rings. The Morgan fingerprint density at radius 3 is 2.46 bits per heavy atom. The van der Waals surface area contributed by atoms with Gasteiger partial charge in [-0.25, -0.2) is 0 Å². The topological polar surface area (TPSA) is 43.3 Å². The lowest BCUT2D eigenvalue weighted by atomic mass is 9.98. The Hall–Kier alpha value is -0.120. The van der Waals surface area contributed by atoms with Crippen molar-refractivity contribution in [3.63, 3.8) is 0 Å². The molecule has 1 N–H and O–H groups in total. The van der Waals surface area contributed by atoms with Crippen molar-refractivity contribution in [3.8, 4) is 0 Å². The highest BCUT2D eigenvalue weighted by Crippen LogP contribution is 2.19. The molecule has 6 nitrogen and oxygen atoms in total. The predicted molar refractivity (Wildman–Crippen MR) is 119 cm³/mol. The van der Waals surface area contributed by atoms with Crippen molar-refractivity contribution in [1.29, 1.82) is 0 Å². The number of piperidine rings is 1. The van der Waals surface area contributed by atoms with Crippen LogP contribution in [0.25, 0.3) is 0 Å². The molecule has 0 amide bonds. The lowest BCUT2D eigenvalue weighted by molar-refractivity contribution is 0.0194. The summed E-state index contributed by atoms with van der Waals surface area (Å²) in [4.78, 5) is 12.2. The van der Waals surface area contributed by atoms with Gasteiger partial charge in [0.15, 0.2) is 5.96 Å². The van der Waals surface area contributed by atoms with Gasteiger partial charge in [0.25, 0.3) is 0 Å². The predicted octanol–water partition coefficient (Wildman–Crippen LogP) is 1.71. The Balaban J connectivity index is 0.00000243. The largest absolute Gasteiger partial charge is 0.379 e. The van der Waals surface area contributed by atoms with Crippen molar-refractivity contribution >= 4 is 29.9 Å². The van der Waals surface area contributed by atoms with Crippen LogP contribution in [0, 0.1) is 5.92 Å². The highest BCUT2D eigenvalue weighted by molar-refractivity contribution is 14.0. The van der Waals surface area contributed by atoms with Crippen LogP contribution in [0.15, 0.2) is 4.99 Å². The number of guanidine groups is 1. The fourth-order valence-electron chi connectivity index (χ4n) is 4.34. The summed E-state index contributed by atoms with van der Waals surface area (Å²) in [5, 5.41) is 3.63. The molecule has 26 heavy (non-hydrogen) atoms. The normalized spacial score (nSPS) is 28.0. The number of rotatable bonds is 4. The number of ether oxygens (including phenoxy) is 1. The van der Waals surface area contributed by atoms with Crippen LogP contribution in [-0.4, -0.2) is 98.8 Å². The highest BCUT2D eigenvalue weighted by atomic mass is 127. The summed E-state index contributed by atoms with van der Waals surface area (Å²) in [5.41, 5.74) is 0. The third-order valence-electron chi connectivity index (χ3n) is 6.23. The molecule has 3 heterocycles. The molecule has 0 aromatic carbocycles. The molecule has 0 aromatic heterocycles. The van der Waals surface area contributed by atoms with Gasteiger partial charge in [0.2, 0.25) is 0 Å². The smallest absolute Gasteiger partial charge is 0.193 e. The molecule has 3 saturated heterocycles. The van der Waals surface area contributed by atoms with Crippen LogP contribution in [-0.2, 0) is 4.74 Å². The van der Waals surface area contributed by atoms with Gasteiger partial charge in [-0.05, 0) is 45.2 Å². The molecule has 2 unspecified atom stereocenters. The Morgan fingerprint density at radius 1 is 1.12 bits per heavy atom. The van der Waals surface area contributed by atoms with Gasteiger partial charge in [-0.2, -0.15) is 0 Å². The second-order valence-corrected chi connectivity index (χ2v) is 8.03. The number of nitrogens with one attached hydrogen (secondary N) is 1. The van der Waals surface area contributed by atoms with E-state index in [1.54, 1.807) is 0 Å². The van der Waals surface area contributed by atoms with Crippen LogP contribution < -0.4 is 5.32 Å². The maximum absolute atomic E-state index is 5.49. The molecular weight excluding hydrogens is 441 g/mol. The zero-order valence-corrected chi connectivity index (χ0v) is 19.2. The van der Waals surface area contributed by atoms with Crippen LogP contribution in [0.3, 0.4) is 0 Å². The first-order valence-corrected chi connectivity index (χ1v) is 10.2. The lowest BCUT2D eigenvalue weighted by Gasteiger charge is -2.35. The van der Waals surface area contributed by atoms with Crippen LogP contribution in [0.4, 0.5) is 0 Å². The highest BCUT2D eigenvalue weighted by Gasteiger charge is 2.30. The minimum absolute atomic E-state index is 0. The zero-order chi connectivity index (χ0) is 17.6. The summed E-state index contributed by atoms with van der Waals surface area (Å²) in [6, 6.07) is 1.23. The molecule has 3 rings (SSSR count). The van der Waals surface area contributed by atoms with E-state index in [-0.39, 0.29) is 24.0 Å². The molecule has 0 aliphatic carbocycles. The second-order valence-electron chi connectivity index (χ2n) is 8.03. The molecule has 3 fully saturated rings. The van der Waals surface area contributed by atoms with Crippen molar-refractivity contribution in [2.45, 2.75) is 45.2 Å². The summed E-state index contributed by atoms with van der Waals surface area (Å²) < 4.78 is 5.49. The fraction of sp³-hybridized carbons (Fsp3) is 0.947. The van der Waals surface area contributed by atoms with E-state index >= 15 is 0 Å². The molecule has 0 saturated carbocycles. The van der Waals surface area contributed by atoms with Gasteiger partial charge in [0, 0.05) is 51.9 Å². The van der Waals surface area contributed by atoms with Gasteiger partial charge >= 0.3 is 0 Å². The van der Waals surface area contributed by atoms with Gasteiger partial charge in [0.05, 0.1) is 13.2 Å². The van der Waals surface area contributed by atoms with E-state index in [0.717, 1.165) is 57.8 Å². The third-order valence-corrected chi connectivity index (χ3v) is 6.23. The molecule has 7 heteroatoms. The maximum Gasteiger partial charge on any atom is 0.193 e. The summed E-state index contributed by atoms with van der Waals surface area (Å²) in [6.07, 6.45) is 3.92. The van der Waals surface area contributed by atoms with Gasteiger partial charge in [-0.1, -0.05) is 6.92 Å². The van der Waals surface area contributed by atoms with Crippen LogP contribution in [0.5, 0.6) is 0 Å². The molecule has 2 atom stereocenters. The number of nitrogens with zero attached hydrogens (tertiary/aromatic N) is 4. The van der Waals surface area contributed by atoms with Crippen molar-refractivity contribution < 1.29 is 4.74 Å². The van der Waals surface area contributed by atoms with Crippen LogP contribution in [0.2, 0.25) is 0 Å². The number of aliphatic imine (C=N–C) groups is 1. The van der Waals surface area contributed by atoms with Crippen LogP contribution in [0.1, 0.15) is 33.1 Å². The van der Waals surface area contributed by atoms with E-state index in [2.05, 4.69) is 38.9 Å². The molecule has 0 bridgehead atoms. The summed E-state index contributed by atoms with van der Waals surface area (Å²) in [6.45, 7) is 14.3. The first-order valence-electron chi connectivity index (χ1n) is 10.2. The Morgan fingerprint density at radius 2 is 1.81 bits per heavy atom. The molecular formula is C19H38IN5O. The minimum atomic E-state index is 0. The fourth-order valence-corrected chi connectivity index (χ4v) is 4.34. The van der Waals surface area contributed by atoms with E-state index in [1.807, 2.05) is 7.05 Å². The first kappa shape index (κ1) is 22.2. The molecule has 152 valence electrons. The van der Waals surface area contributed by atoms with Gasteiger partial charge in [0.1, 0.15) is 0 Å². The van der Waals surface area contributed by atoms with Crippen LogP contribution >= 0.6 is 24.0 Å². The Bertz CT molecular complexity index is 436. The molecule has 3 aliphatic heterocycles. The van der Waals surface area contributed by atoms with E-state index in [0.29, 0.717) is 12.1 Å². The van der Waals surface area contributed by atoms with Crippen molar-refractivity contribution in [2.24, 2.45) is 10.9 Å². The van der Waals surface area contributed by atoms with Crippen molar-refractivity contribution in [2.75, 3.05) is 66.1 Å². The maximum atomic E-state index is 5.49. The molecule has 3 aliphatic rings. The number of hydrogen-bond acceptors (Lipinski definition) is 4. The number of halogens is 1. The standard InChI is InChI=1S/C19H37N5O.HI/c1-16-4-7-22(8-5-16)17(2)14-21-19(20-3)24-9-6-18(15-24)23-10-12-25-13-11-23;/h16-18H,4-15H2,1-3H3,(H,20,21);1H. The summed E-state index contributed by atoms with van der Waals surface area (Å²) >= 11 is 0. The number of likely N-dealkylation sites (tertiary alicyclic amines) is 2. The summed E-state index contributed by atoms with van der Waals surface area (Å²) in [5.74, 6) is 1.97. The summed E-state index contributed by atoms with van der Waals surface area (Å²) in [7, 11) is 1.91. The molecule has 0 spiro atoms. The van der Waals surface area contributed by atoms with Crippen molar-refractivity contribution in [1.82, 2.24) is 20.0 Å². The van der Waals surface area contributed by atoms with Gasteiger partial charge in [-0.3, -0.25) is 14.8 Å². The van der Waals surface area contributed by atoms with Gasteiger partial charge in [-0.15, -0.1) is 24.0 Å². The number of hydrogen-bond donors (Lipinski definition) is 1. The van der Waals surface area contributed by atoms with Crippen molar-refractivity contribution in [3.05, 3.63) is 0 Å². The van der Waals surface area contributed by atoms with E-state index < -0.39 is 0 Å². The Kier molecular flexibility index (Phi) is 9.40. The number of morpholine rings is 1. The SMILES string of the molecule is CN=C(NCC(C)N1CCC(C)CC1)N1CCC(N2CCOCC2)C1.I. The van der Waals surface area contributed by atoms with E-state index in [9.17, 15) is 0 Å². The quantitative estimate of drug-likeness (QED) is 0.378. The second kappa shape index (κ2) is 11.0.